The van der Waals surface area contributed by atoms with Crippen LogP contribution in [-0.2, 0) is 9.47 Å². The number of aliphatic hydroxyl groups is 1. The highest BCUT2D eigenvalue weighted by molar-refractivity contribution is 4.89. The van der Waals surface area contributed by atoms with Gasteiger partial charge in [-0.25, -0.2) is 0 Å². The zero-order chi connectivity index (χ0) is 8.55. The molecule has 0 spiro atoms. The third-order valence-electron chi connectivity index (χ3n) is 2.78. The summed E-state index contributed by atoms with van der Waals surface area (Å²) in [5.41, 5.74) is 0. The van der Waals surface area contributed by atoms with E-state index in [0.717, 1.165) is 19.3 Å². The van der Waals surface area contributed by atoms with Crippen LogP contribution in [0.2, 0.25) is 0 Å². The third kappa shape index (κ3) is 1.49. The number of hydrogen-bond acceptors (Lipinski definition) is 3. The van der Waals surface area contributed by atoms with Gasteiger partial charge in [-0.3, -0.25) is 0 Å². The molecule has 2 rings (SSSR count). The molecule has 0 amide bonds. The van der Waals surface area contributed by atoms with Crippen molar-refractivity contribution in [2.75, 3.05) is 6.61 Å². The van der Waals surface area contributed by atoms with Crippen LogP contribution in [-0.4, -0.2) is 30.2 Å². The molecule has 2 aliphatic rings. The summed E-state index contributed by atoms with van der Waals surface area (Å²) in [6.45, 7) is 2.69. The van der Waals surface area contributed by atoms with E-state index in [-0.39, 0.29) is 18.5 Å². The first-order chi connectivity index (χ1) is 5.79. The summed E-state index contributed by atoms with van der Waals surface area (Å²) < 4.78 is 11.0. The standard InChI is InChI=1S/C9H16O3/c1-2-11-9-4-6-3-7(10)5-8(6)12-9/h6-10H,2-5H2,1H3/t6-,7-,8-,9?/m0/s1. The molecular formula is C9H16O3. The van der Waals surface area contributed by atoms with Gasteiger partial charge in [0.1, 0.15) is 0 Å². The number of aliphatic hydroxyl groups excluding tert-OH is 1. The van der Waals surface area contributed by atoms with E-state index in [1.54, 1.807) is 0 Å². The number of rotatable bonds is 2. The van der Waals surface area contributed by atoms with Gasteiger partial charge in [0.15, 0.2) is 6.29 Å². The molecule has 1 saturated heterocycles. The Balaban J connectivity index is 1.85. The first kappa shape index (κ1) is 8.48. The van der Waals surface area contributed by atoms with E-state index in [0.29, 0.717) is 12.5 Å². The molecule has 3 nitrogen and oxygen atoms in total. The summed E-state index contributed by atoms with van der Waals surface area (Å²) in [5, 5.41) is 9.33. The molecule has 1 aliphatic carbocycles. The van der Waals surface area contributed by atoms with E-state index in [1.165, 1.54) is 0 Å². The SMILES string of the molecule is CCOC1C[C@@H]2C[C@H](O)C[C@@H]2O1. The molecule has 4 atom stereocenters. The average molecular weight is 172 g/mol. The predicted octanol–water partition coefficient (Wildman–Crippen LogP) is 0.909. The summed E-state index contributed by atoms with van der Waals surface area (Å²) in [7, 11) is 0. The molecule has 0 aromatic heterocycles. The Morgan fingerprint density at radius 2 is 2.25 bits per heavy atom. The molecule has 0 aromatic rings. The van der Waals surface area contributed by atoms with Crippen molar-refractivity contribution >= 4 is 0 Å². The van der Waals surface area contributed by atoms with Crippen LogP contribution >= 0.6 is 0 Å². The van der Waals surface area contributed by atoms with Crippen molar-refractivity contribution in [1.29, 1.82) is 0 Å². The molecule has 3 heteroatoms. The van der Waals surface area contributed by atoms with Crippen LogP contribution in [0.15, 0.2) is 0 Å². The molecule has 2 fully saturated rings. The van der Waals surface area contributed by atoms with Crippen LogP contribution in [0.5, 0.6) is 0 Å². The summed E-state index contributed by atoms with van der Waals surface area (Å²) >= 11 is 0. The average Bonchev–Trinajstić information content (AvgIpc) is 2.44. The zero-order valence-corrected chi connectivity index (χ0v) is 7.40. The Morgan fingerprint density at radius 1 is 1.42 bits per heavy atom. The maximum absolute atomic E-state index is 9.33. The Hall–Kier alpha value is -0.120. The fourth-order valence-electron chi connectivity index (χ4n) is 2.26. The topological polar surface area (TPSA) is 38.7 Å². The molecule has 1 aliphatic heterocycles. The Labute approximate surface area is 72.7 Å². The summed E-state index contributed by atoms with van der Waals surface area (Å²) in [5.74, 6) is 0.538. The monoisotopic (exact) mass is 172 g/mol. The van der Waals surface area contributed by atoms with Gasteiger partial charge in [-0.2, -0.15) is 0 Å². The van der Waals surface area contributed by atoms with Crippen LogP contribution in [0, 0.1) is 5.92 Å². The highest BCUT2D eigenvalue weighted by Crippen LogP contribution is 2.39. The second-order valence-corrected chi connectivity index (χ2v) is 3.68. The van der Waals surface area contributed by atoms with Crippen LogP contribution in [0.4, 0.5) is 0 Å². The number of hydrogen-bond donors (Lipinski definition) is 1. The van der Waals surface area contributed by atoms with E-state index in [9.17, 15) is 5.11 Å². The normalized spacial score (nSPS) is 46.5. The van der Waals surface area contributed by atoms with Crippen LogP contribution in [0.3, 0.4) is 0 Å². The second-order valence-electron chi connectivity index (χ2n) is 3.68. The van der Waals surface area contributed by atoms with Gasteiger partial charge in [0.25, 0.3) is 0 Å². The Bertz CT molecular complexity index is 146. The van der Waals surface area contributed by atoms with Gasteiger partial charge < -0.3 is 14.6 Å². The lowest BCUT2D eigenvalue weighted by molar-refractivity contribution is -0.133. The van der Waals surface area contributed by atoms with Crippen molar-refractivity contribution in [3.8, 4) is 0 Å². The molecule has 1 unspecified atom stereocenters. The smallest absolute Gasteiger partial charge is 0.158 e. The van der Waals surface area contributed by atoms with Gasteiger partial charge in [-0.1, -0.05) is 0 Å². The molecular weight excluding hydrogens is 156 g/mol. The molecule has 12 heavy (non-hydrogen) atoms. The van der Waals surface area contributed by atoms with Gasteiger partial charge in [-0.05, 0) is 25.7 Å². The Kier molecular flexibility index (Phi) is 2.35. The lowest BCUT2D eigenvalue weighted by Crippen LogP contribution is -2.15. The minimum Gasteiger partial charge on any atom is -0.393 e. The third-order valence-corrected chi connectivity index (χ3v) is 2.78. The maximum Gasteiger partial charge on any atom is 0.158 e. The summed E-state index contributed by atoms with van der Waals surface area (Å²) in [6.07, 6.45) is 2.79. The lowest BCUT2D eigenvalue weighted by Gasteiger charge is -2.12. The second kappa shape index (κ2) is 3.32. The van der Waals surface area contributed by atoms with Crippen LogP contribution in [0.25, 0.3) is 0 Å². The largest absolute Gasteiger partial charge is 0.393 e. The summed E-state index contributed by atoms with van der Waals surface area (Å²) in [6, 6.07) is 0. The van der Waals surface area contributed by atoms with Crippen molar-refractivity contribution in [1.82, 2.24) is 0 Å². The molecule has 1 saturated carbocycles. The fourth-order valence-corrected chi connectivity index (χ4v) is 2.26. The van der Waals surface area contributed by atoms with Crippen molar-refractivity contribution in [3.63, 3.8) is 0 Å². The minimum atomic E-state index is -0.137. The summed E-state index contributed by atoms with van der Waals surface area (Å²) in [4.78, 5) is 0. The van der Waals surface area contributed by atoms with Gasteiger partial charge in [-0.15, -0.1) is 0 Å². The zero-order valence-electron chi connectivity index (χ0n) is 7.40. The molecule has 0 aromatic carbocycles. The van der Waals surface area contributed by atoms with Gasteiger partial charge in [0.2, 0.25) is 0 Å². The molecule has 0 bridgehead atoms. The van der Waals surface area contributed by atoms with Gasteiger partial charge in [0.05, 0.1) is 12.2 Å². The van der Waals surface area contributed by atoms with E-state index in [1.807, 2.05) is 6.92 Å². The predicted molar refractivity (Wildman–Crippen MR) is 43.6 cm³/mol. The van der Waals surface area contributed by atoms with Crippen LogP contribution in [0.1, 0.15) is 26.2 Å². The highest BCUT2D eigenvalue weighted by Gasteiger charge is 2.42. The number of ether oxygens (including phenoxy) is 2. The molecule has 0 radical (unpaired) electrons. The molecule has 1 heterocycles. The van der Waals surface area contributed by atoms with Crippen molar-refractivity contribution in [2.24, 2.45) is 5.92 Å². The minimum absolute atomic E-state index is 0.00231. The fraction of sp³-hybridized carbons (Fsp3) is 1.00. The first-order valence-corrected chi connectivity index (χ1v) is 4.74. The van der Waals surface area contributed by atoms with Crippen molar-refractivity contribution < 1.29 is 14.6 Å². The van der Waals surface area contributed by atoms with Crippen LogP contribution < -0.4 is 0 Å². The first-order valence-electron chi connectivity index (χ1n) is 4.74. The Morgan fingerprint density at radius 3 is 2.92 bits per heavy atom. The highest BCUT2D eigenvalue weighted by atomic mass is 16.7. The molecule has 70 valence electrons. The van der Waals surface area contributed by atoms with Crippen molar-refractivity contribution in [3.05, 3.63) is 0 Å². The van der Waals surface area contributed by atoms with E-state index in [4.69, 9.17) is 9.47 Å². The van der Waals surface area contributed by atoms with E-state index >= 15 is 0 Å². The maximum atomic E-state index is 9.33. The van der Waals surface area contributed by atoms with E-state index in [2.05, 4.69) is 0 Å². The quantitative estimate of drug-likeness (QED) is 0.672. The van der Waals surface area contributed by atoms with E-state index < -0.39 is 0 Å². The lowest BCUT2D eigenvalue weighted by atomic mass is 10.0. The molecule has 1 N–H and O–H groups in total. The van der Waals surface area contributed by atoms with Gasteiger partial charge >= 0.3 is 0 Å². The van der Waals surface area contributed by atoms with Gasteiger partial charge in [0, 0.05) is 13.0 Å². The van der Waals surface area contributed by atoms with Crippen molar-refractivity contribution in [2.45, 2.75) is 44.7 Å². The number of fused-ring (bicyclic) bond motifs is 1.